The van der Waals surface area contributed by atoms with E-state index in [4.69, 9.17) is 6.42 Å². The molecule has 1 aromatic heterocycles. The topological polar surface area (TPSA) is 203 Å². The van der Waals surface area contributed by atoms with Crippen molar-refractivity contribution in [2.24, 2.45) is 11.3 Å². The van der Waals surface area contributed by atoms with Gasteiger partial charge in [0.1, 0.15) is 29.9 Å². The monoisotopic (exact) mass is 851 g/mol. The van der Waals surface area contributed by atoms with E-state index in [0.717, 1.165) is 42.6 Å². The zero-order chi connectivity index (χ0) is 44.8. The number of hydrogen-bond donors (Lipinski definition) is 4. The van der Waals surface area contributed by atoms with Gasteiger partial charge in [-0.3, -0.25) is 53.2 Å². The Hall–Kier alpha value is -5.53. The number of hydrogen-bond acceptors (Lipinski definition) is 11. The Balaban J connectivity index is 1.36. The summed E-state index contributed by atoms with van der Waals surface area (Å²) in [5.74, 6) is -3.09. The second kappa shape index (κ2) is 19.7. The summed E-state index contributed by atoms with van der Waals surface area (Å²) in [5, 5.41) is 11.4. The molecule has 6 rings (SSSR count). The van der Waals surface area contributed by atoms with E-state index in [1.165, 1.54) is 18.6 Å². The van der Waals surface area contributed by atoms with E-state index in [-0.39, 0.29) is 37.0 Å². The fraction of sp³-hybridized carbons (Fsp3) is 0.587. The molecule has 0 radical (unpaired) electrons. The number of carbonyl (C=O) groups is 7. The van der Waals surface area contributed by atoms with Crippen LogP contribution >= 0.6 is 0 Å². The Morgan fingerprint density at radius 3 is 2.37 bits per heavy atom. The maximum absolute atomic E-state index is 15.4. The zero-order valence-corrected chi connectivity index (χ0v) is 36.5. The molecule has 1 unspecified atom stereocenters. The van der Waals surface area contributed by atoms with Crippen molar-refractivity contribution in [3.63, 3.8) is 0 Å². The highest BCUT2D eigenvalue weighted by molar-refractivity contribution is 6.39. The lowest BCUT2D eigenvalue weighted by Gasteiger charge is -2.39. The molecule has 16 nitrogen and oxygen atoms in total. The van der Waals surface area contributed by atoms with Crippen molar-refractivity contribution in [3.05, 3.63) is 60.2 Å². The van der Waals surface area contributed by atoms with Crippen LogP contribution < -0.4 is 21.3 Å². The molecule has 16 heteroatoms. The molecule has 1 spiro atoms. The lowest BCUT2D eigenvalue weighted by molar-refractivity contribution is -0.158. The van der Waals surface area contributed by atoms with Crippen molar-refractivity contribution in [2.45, 2.75) is 141 Å². The second-order valence-electron chi connectivity index (χ2n) is 18.2. The zero-order valence-electron chi connectivity index (χ0n) is 36.5. The Labute approximate surface area is 364 Å². The minimum absolute atomic E-state index is 0.0156. The van der Waals surface area contributed by atoms with Gasteiger partial charge in [-0.25, -0.2) is 4.98 Å². The summed E-state index contributed by atoms with van der Waals surface area (Å²) in [7, 11) is 0. The van der Waals surface area contributed by atoms with Gasteiger partial charge in [0.25, 0.3) is 29.5 Å². The van der Waals surface area contributed by atoms with E-state index in [1.54, 1.807) is 46.8 Å². The van der Waals surface area contributed by atoms with Crippen LogP contribution in [0.15, 0.2) is 48.9 Å². The number of ketones is 1. The maximum Gasteiger partial charge on any atom is 0.290 e. The predicted molar refractivity (Wildman–Crippen MR) is 229 cm³/mol. The molecule has 4 heterocycles. The predicted octanol–water partition coefficient (Wildman–Crippen LogP) is 2.65. The van der Waals surface area contributed by atoms with E-state index >= 15 is 9.59 Å². The third kappa shape index (κ3) is 9.58. The van der Waals surface area contributed by atoms with Gasteiger partial charge >= 0.3 is 0 Å². The highest BCUT2D eigenvalue weighted by Crippen LogP contribution is 2.43. The number of imide groups is 1. The molecule has 4 N–H and O–H groups in total. The van der Waals surface area contributed by atoms with Crippen LogP contribution in [0.2, 0.25) is 0 Å². The van der Waals surface area contributed by atoms with Gasteiger partial charge < -0.3 is 21.3 Å². The van der Waals surface area contributed by atoms with Crippen LogP contribution in [0.3, 0.4) is 0 Å². The van der Waals surface area contributed by atoms with Crippen LogP contribution in [0.25, 0.3) is 0 Å². The van der Waals surface area contributed by atoms with Crippen molar-refractivity contribution in [1.29, 1.82) is 0 Å². The summed E-state index contributed by atoms with van der Waals surface area (Å²) in [6.07, 6.45) is 15.7. The number of terminal acetylenes is 1. The normalized spacial score (nSPS) is 23.6. The summed E-state index contributed by atoms with van der Waals surface area (Å²) in [6.45, 7) is 9.95. The minimum atomic E-state index is -1.59. The van der Waals surface area contributed by atoms with E-state index < -0.39 is 82.5 Å². The first kappa shape index (κ1) is 46.0. The average molecular weight is 852 g/mol. The fourth-order valence-electron chi connectivity index (χ4n) is 9.77. The van der Waals surface area contributed by atoms with Gasteiger partial charge in [0.15, 0.2) is 5.66 Å². The van der Waals surface area contributed by atoms with Crippen LogP contribution in [-0.2, 0) is 28.8 Å². The third-order valence-corrected chi connectivity index (χ3v) is 13.0. The van der Waals surface area contributed by atoms with Crippen molar-refractivity contribution in [2.75, 3.05) is 19.6 Å². The molecule has 1 aliphatic carbocycles. The first-order chi connectivity index (χ1) is 29.6. The number of rotatable bonds is 15. The van der Waals surface area contributed by atoms with Gasteiger partial charge in [0.2, 0.25) is 11.7 Å². The highest BCUT2D eigenvalue weighted by atomic mass is 16.2. The van der Waals surface area contributed by atoms with Crippen molar-refractivity contribution in [1.82, 2.24) is 45.9 Å². The SMILES string of the molecule is C#CCN1C[C@H]2CCCN2[C@@]12C[C@@H](C(=O)N(C(=O)[C@@H](NC(=O)[C@@H](NC(=O)c1cnccn1)C1CCCCC1)C(C)(C)C)C(CCC)C(=O)C(=O)N[C@@H](C)c1ccccc1)NC2=O. The largest absolute Gasteiger partial charge is 0.343 e. The van der Waals surface area contributed by atoms with Crippen molar-refractivity contribution >= 4 is 41.2 Å². The highest BCUT2D eigenvalue weighted by Gasteiger charge is 2.63. The summed E-state index contributed by atoms with van der Waals surface area (Å²) in [6, 6.07) is 3.15. The van der Waals surface area contributed by atoms with E-state index in [9.17, 15) is 24.0 Å². The Morgan fingerprint density at radius 1 is 1.00 bits per heavy atom. The summed E-state index contributed by atoms with van der Waals surface area (Å²) >= 11 is 0. The van der Waals surface area contributed by atoms with Gasteiger partial charge in [-0.15, -0.1) is 6.42 Å². The van der Waals surface area contributed by atoms with Gasteiger partial charge in [0, 0.05) is 37.9 Å². The van der Waals surface area contributed by atoms with Crippen LogP contribution in [0, 0.1) is 23.7 Å². The molecule has 3 saturated heterocycles. The number of nitrogens with one attached hydrogen (secondary N) is 4. The first-order valence-corrected chi connectivity index (χ1v) is 22.0. The molecule has 332 valence electrons. The number of fused-ring (bicyclic) bond motifs is 2. The van der Waals surface area contributed by atoms with E-state index in [0.29, 0.717) is 32.4 Å². The molecule has 3 aliphatic heterocycles. The summed E-state index contributed by atoms with van der Waals surface area (Å²) in [4.78, 5) is 114. The average Bonchev–Trinajstić information content (AvgIpc) is 3.96. The van der Waals surface area contributed by atoms with Crippen LogP contribution in [0.5, 0.6) is 0 Å². The first-order valence-electron chi connectivity index (χ1n) is 22.0. The molecule has 6 amide bonds. The van der Waals surface area contributed by atoms with Gasteiger partial charge in [-0.1, -0.05) is 89.6 Å². The Morgan fingerprint density at radius 2 is 1.73 bits per heavy atom. The number of nitrogens with zero attached hydrogens (tertiary/aromatic N) is 5. The fourth-order valence-corrected chi connectivity index (χ4v) is 9.77. The minimum Gasteiger partial charge on any atom is -0.343 e. The molecule has 4 aliphatic rings. The molecule has 1 saturated carbocycles. The standard InChI is InChI=1S/C46H61N9O7/c1-7-16-35(37(56)41(59)49-29(3)30-17-11-9-12-18-30)55(42(60)33-26-46(44(62)50-33)53(24-8-2)28-32-21-15-25-54(32)46)43(61)38(45(4,5)6)52-40(58)36(31-19-13-10-14-20-31)51-39(57)34-27-47-22-23-48-34/h2,9,11-12,17-18,22-23,27,29,31-33,35-36,38H,7,10,13-16,19-21,24-26,28H2,1,3-6H3,(H,49,59)(H,50,62)(H,51,57)(H,52,58)/t29-,32+,33-,35?,36-,38+,46+/m0/s1. The Kier molecular flexibility index (Phi) is 14.6. The van der Waals surface area contributed by atoms with Gasteiger partial charge in [-0.05, 0) is 55.9 Å². The Bertz CT molecular complexity index is 2030. The molecule has 4 fully saturated rings. The summed E-state index contributed by atoms with van der Waals surface area (Å²) in [5.41, 5.74) is -1.56. The molecule has 7 atom stereocenters. The smallest absolute Gasteiger partial charge is 0.290 e. The molecule has 62 heavy (non-hydrogen) atoms. The number of aromatic nitrogens is 2. The van der Waals surface area contributed by atoms with Gasteiger partial charge in [0.05, 0.1) is 18.8 Å². The lowest BCUT2D eigenvalue weighted by atomic mass is 9.81. The number of amides is 6. The maximum atomic E-state index is 15.4. The quantitative estimate of drug-likeness (QED) is 0.152. The number of Topliss-reactive ketones (excluding diaryl/α,β-unsaturated/α-hetero) is 1. The number of benzene rings is 1. The number of carbonyl (C=O) groups excluding carboxylic acids is 7. The second-order valence-corrected chi connectivity index (χ2v) is 18.2. The third-order valence-electron chi connectivity index (χ3n) is 13.0. The molecule has 2 aromatic rings. The van der Waals surface area contributed by atoms with Gasteiger partial charge in [-0.2, -0.15) is 0 Å². The van der Waals surface area contributed by atoms with Crippen molar-refractivity contribution < 1.29 is 33.6 Å². The molecular formula is C46H61N9O7. The lowest BCUT2D eigenvalue weighted by Crippen LogP contribution is -2.65. The molecular weight excluding hydrogens is 791 g/mol. The molecule has 1 aromatic carbocycles. The summed E-state index contributed by atoms with van der Waals surface area (Å²) < 4.78 is 0. The van der Waals surface area contributed by atoms with Crippen LogP contribution in [-0.4, -0.2) is 121 Å². The van der Waals surface area contributed by atoms with Crippen LogP contribution in [0.1, 0.15) is 121 Å². The van der Waals surface area contributed by atoms with E-state index in [2.05, 4.69) is 42.1 Å². The molecule has 0 bridgehead atoms. The van der Waals surface area contributed by atoms with Crippen molar-refractivity contribution in [3.8, 4) is 12.3 Å². The van der Waals surface area contributed by atoms with E-state index in [1.807, 2.05) is 23.1 Å². The van der Waals surface area contributed by atoms with Crippen LogP contribution in [0.4, 0.5) is 0 Å².